The Morgan fingerprint density at radius 3 is 2.67 bits per heavy atom. The van der Waals surface area contributed by atoms with E-state index in [1.807, 2.05) is 7.05 Å². The van der Waals surface area contributed by atoms with Crippen LogP contribution in [0.3, 0.4) is 0 Å². The van der Waals surface area contributed by atoms with Crippen LogP contribution in [0, 0.1) is 0 Å². The fourth-order valence-electron chi connectivity index (χ4n) is 0.579. The third kappa shape index (κ3) is 3.98. The van der Waals surface area contributed by atoms with Crippen LogP contribution in [0.4, 0.5) is 0 Å². The van der Waals surface area contributed by atoms with Crippen molar-refractivity contribution in [3.63, 3.8) is 0 Å². The Kier molecular flexibility index (Phi) is 4.06. The Balaban J connectivity index is 3.46. The summed E-state index contributed by atoms with van der Waals surface area (Å²) >= 11 is 0. The second kappa shape index (κ2) is 4.33. The highest BCUT2D eigenvalue weighted by Gasteiger charge is 1.96. The highest BCUT2D eigenvalue weighted by Crippen LogP contribution is 2.01. The average molecular weight is 125 g/mol. The van der Waals surface area contributed by atoms with E-state index < -0.39 is 0 Å². The molecule has 0 heterocycles. The van der Waals surface area contributed by atoms with Crippen molar-refractivity contribution in [3.05, 3.63) is 24.8 Å². The molecule has 1 atom stereocenters. The van der Waals surface area contributed by atoms with Gasteiger partial charge in [-0.25, -0.2) is 0 Å². The first-order valence-corrected chi connectivity index (χ1v) is 3.18. The summed E-state index contributed by atoms with van der Waals surface area (Å²) in [5, 5.41) is 3.12. The summed E-state index contributed by atoms with van der Waals surface area (Å²) < 4.78 is 0. The lowest BCUT2D eigenvalue weighted by Crippen LogP contribution is -2.20. The van der Waals surface area contributed by atoms with Gasteiger partial charge in [0, 0.05) is 6.04 Å². The molecule has 0 aliphatic carbocycles. The first-order valence-electron chi connectivity index (χ1n) is 3.18. The zero-order chi connectivity index (χ0) is 7.28. The van der Waals surface area contributed by atoms with E-state index in [1.54, 1.807) is 6.08 Å². The van der Waals surface area contributed by atoms with Crippen molar-refractivity contribution in [2.45, 2.75) is 19.4 Å². The monoisotopic (exact) mass is 125 g/mol. The quantitative estimate of drug-likeness (QED) is 0.564. The molecule has 0 radical (unpaired) electrons. The van der Waals surface area contributed by atoms with Crippen molar-refractivity contribution in [3.8, 4) is 0 Å². The molecule has 1 N–H and O–H groups in total. The molecule has 0 amide bonds. The molecule has 52 valence electrons. The van der Waals surface area contributed by atoms with Crippen molar-refractivity contribution in [1.29, 1.82) is 0 Å². The summed E-state index contributed by atoms with van der Waals surface area (Å²) in [6, 6.07) is 0.510. The Morgan fingerprint density at radius 1 is 1.78 bits per heavy atom. The molecule has 1 unspecified atom stereocenters. The maximum absolute atomic E-state index is 3.80. The SMILES string of the molecule is C=CC(=C)CC(C)NC. The zero-order valence-electron chi connectivity index (χ0n) is 6.28. The van der Waals surface area contributed by atoms with Gasteiger partial charge in [0.25, 0.3) is 0 Å². The van der Waals surface area contributed by atoms with E-state index >= 15 is 0 Å². The summed E-state index contributed by atoms with van der Waals surface area (Å²) in [6.07, 6.45) is 2.79. The molecule has 0 bridgehead atoms. The van der Waals surface area contributed by atoms with Gasteiger partial charge in [-0.05, 0) is 20.4 Å². The highest BCUT2D eigenvalue weighted by atomic mass is 14.8. The molecule has 0 saturated carbocycles. The number of hydrogen-bond acceptors (Lipinski definition) is 1. The third-order valence-electron chi connectivity index (χ3n) is 1.35. The van der Waals surface area contributed by atoms with Gasteiger partial charge in [-0.15, -0.1) is 0 Å². The van der Waals surface area contributed by atoms with Crippen molar-refractivity contribution in [2.24, 2.45) is 0 Å². The molecule has 0 aromatic heterocycles. The Hall–Kier alpha value is -0.560. The maximum Gasteiger partial charge on any atom is 0.00759 e. The Labute approximate surface area is 57.5 Å². The third-order valence-corrected chi connectivity index (χ3v) is 1.35. The molecule has 0 spiro atoms. The maximum atomic E-state index is 3.80. The van der Waals surface area contributed by atoms with E-state index in [0.29, 0.717) is 6.04 Å². The number of nitrogens with one attached hydrogen (secondary N) is 1. The molecular weight excluding hydrogens is 110 g/mol. The largest absolute Gasteiger partial charge is 0.317 e. The highest BCUT2D eigenvalue weighted by molar-refractivity contribution is 5.11. The summed E-state index contributed by atoms with van der Waals surface area (Å²) in [6.45, 7) is 9.54. The molecule has 0 saturated heterocycles. The van der Waals surface area contributed by atoms with Crippen molar-refractivity contribution in [2.75, 3.05) is 7.05 Å². The molecule has 0 aliphatic heterocycles. The van der Waals surface area contributed by atoms with Gasteiger partial charge in [0.05, 0.1) is 0 Å². The average Bonchev–Trinajstić information content (AvgIpc) is 1.87. The van der Waals surface area contributed by atoms with Crippen molar-refractivity contribution >= 4 is 0 Å². The lowest BCUT2D eigenvalue weighted by Gasteiger charge is -2.08. The fourth-order valence-corrected chi connectivity index (χ4v) is 0.579. The Morgan fingerprint density at radius 2 is 2.33 bits per heavy atom. The van der Waals surface area contributed by atoms with Gasteiger partial charge < -0.3 is 5.32 Å². The molecular formula is C8H15N. The van der Waals surface area contributed by atoms with Gasteiger partial charge in [-0.2, -0.15) is 0 Å². The minimum Gasteiger partial charge on any atom is -0.317 e. The summed E-state index contributed by atoms with van der Waals surface area (Å²) in [7, 11) is 1.95. The van der Waals surface area contributed by atoms with Crippen LogP contribution in [0.25, 0.3) is 0 Å². The van der Waals surface area contributed by atoms with Gasteiger partial charge in [0.15, 0.2) is 0 Å². The van der Waals surface area contributed by atoms with Gasteiger partial charge in [-0.3, -0.25) is 0 Å². The van der Waals surface area contributed by atoms with Crippen molar-refractivity contribution < 1.29 is 0 Å². The minimum absolute atomic E-state index is 0.510. The van der Waals surface area contributed by atoms with Crippen LogP contribution < -0.4 is 5.32 Å². The first kappa shape index (κ1) is 8.44. The predicted octanol–water partition coefficient (Wildman–Crippen LogP) is 1.73. The lowest BCUT2D eigenvalue weighted by molar-refractivity contribution is 0.611. The van der Waals surface area contributed by atoms with E-state index in [9.17, 15) is 0 Å². The van der Waals surface area contributed by atoms with Crippen molar-refractivity contribution in [1.82, 2.24) is 5.32 Å². The summed E-state index contributed by atoms with van der Waals surface area (Å²) in [5.74, 6) is 0. The van der Waals surface area contributed by atoms with E-state index in [2.05, 4.69) is 25.4 Å². The molecule has 1 heteroatoms. The molecule has 0 aromatic rings. The van der Waals surface area contributed by atoms with Crippen LogP contribution in [-0.2, 0) is 0 Å². The topological polar surface area (TPSA) is 12.0 Å². The van der Waals surface area contributed by atoms with Crippen LogP contribution in [0.2, 0.25) is 0 Å². The number of allylic oxidation sites excluding steroid dienone is 1. The van der Waals surface area contributed by atoms with Gasteiger partial charge in [-0.1, -0.05) is 24.8 Å². The van der Waals surface area contributed by atoms with Crippen LogP contribution in [0.1, 0.15) is 13.3 Å². The molecule has 1 nitrogen and oxygen atoms in total. The fraction of sp³-hybridized carbons (Fsp3) is 0.500. The summed E-state index contributed by atoms with van der Waals surface area (Å²) in [4.78, 5) is 0. The van der Waals surface area contributed by atoms with Crippen LogP contribution in [0.5, 0.6) is 0 Å². The molecule has 0 fully saturated rings. The van der Waals surface area contributed by atoms with E-state index in [1.165, 1.54) is 0 Å². The zero-order valence-corrected chi connectivity index (χ0v) is 6.28. The van der Waals surface area contributed by atoms with Gasteiger partial charge in [0.2, 0.25) is 0 Å². The van der Waals surface area contributed by atoms with E-state index in [0.717, 1.165) is 12.0 Å². The van der Waals surface area contributed by atoms with E-state index in [-0.39, 0.29) is 0 Å². The van der Waals surface area contributed by atoms with Crippen LogP contribution in [0.15, 0.2) is 24.8 Å². The van der Waals surface area contributed by atoms with Crippen LogP contribution in [-0.4, -0.2) is 13.1 Å². The molecule has 0 aromatic carbocycles. The standard InChI is InChI=1S/C8H15N/c1-5-7(2)6-8(3)9-4/h5,8-9H,1-2,6H2,3-4H3. The normalized spacial score (nSPS) is 12.7. The smallest absolute Gasteiger partial charge is 0.00759 e. The minimum atomic E-state index is 0.510. The number of hydrogen-bond donors (Lipinski definition) is 1. The Bertz CT molecular complexity index is 105. The predicted molar refractivity (Wildman–Crippen MR) is 42.5 cm³/mol. The molecule has 0 rings (SSSR count). The molecule has 9 heavy (non-hydrogen) atoms. The molecule has 0 aliphatic rings. The second-order valence-corrected chi connectivity index (χ2v) is 2.26. The lowest BCUT2D eigenvalue weighted by atomic mass is 10.1. The first-order chi connectivity index (χ1) is 4.20. The second-order valence-electron chi connectivity index (χ2n) is 2.26. The van der Waals surface area contributed by atoms with Gasteiger partial charge >= 0.3 is 0 Å². The van der Waals surface area contributed by atoms with E-state index in [4.69, 9.17) is 0 Å². The number of rotatable bonds is 4. The van der Waals surface area contributed by atoms with Crippen LogP contribution >= 0.6 is 0 Å². The summed E-state index contributed by atoms with van der Waals surface area (Å²) in [5.41, 5.74) is 1.09. The van der Waals surface area contributed by atoms with Gasteiger partial charge in [0.1, 0.15) is 0 Å².